The lowest BCUT2D eigenvalue weighted by Crippen LogP contribution is -2.25. The zero-order chi connectivity index (χ0) is 16.4. The molecule has 1 aromatic rings. The Morgan fingerprint density at radius 2 is 2.14 bits per heavy atom. The third-order valence-electron chi connectivity index (χ3n) is 2.49. The minimum Gasteiger partial charge on any atom is -0.345 e. The van der Waals surface area contributed by atoms with E-state index in [-0.39, 0.29) is 0 Å². The summed E-state index contributed by atoms with van der Waals surface area (Å²) < 4.78 is 0. The number of aliphatic imine (C=N–C) groups is 2. The molecule has 0 N–H and O–H groups in total. The first kappa shape index (κ1) is 18.8. The fraction of sp³-hybridized carbons (Fsp3) is 0.438. The van der Waals surface area contributed by atoms with Crippen molar-refractivity contribution < 1.29 is 0 Å². The molecule has 0 aliphatic rings. The second-order valence-electron chi connectivity index (χ2n) is 4.56. The normalized spacial score (nSPS) is 12.4. The molecule has 0 fully saturated rings. The fourth-order valence-corrected chi connectivity index (χ4v) is 3.39. The summed E-state index contributed by atoms with van der Waals surface area (Å²) in [7, 11) is 2.06. The largest absolute Gasteiger partial charge is 0.345 e. The zero-order valence-corrected chi connectivity index (χ0v) is 15.4. The molecule has 4 nitrogen and oxygen atoms in total. The van der Waals surface area contributed by atoms with Gasteiger partial charge in [-0.15, -0.1) is 0 Å². The van der Waals surface area contributed by atoms with Crippen molar-refractivity contribution in [3.8, 4) is 0 Å². The predicted molar refractivity (Wildman–Crippen MR) is 102 cm³/mol. The van der Waals surface area contributed by atoms with Gasteiger partial charge in [0.05, 0.1) is 5.88 Å². The van der Waals surface area contributed by atoms with Crippen LogP contribution >= 0.6 is 23.5 Å². The smallest absolute Gasteiger partial charge is 0.159 e. The van der Waals surface area contributed by atoms with Gasteiger partial charge >= 0.3 is 0 Å². The summed E-state index contributed by atoms with van der Waals surface area (Å²) >= 11 is 3.44. The second kappa shape index (κ2) is 10.5. The first-order chi connectivity index (χ1) is 10.6. The number of amidine groups is 1. The standard InChI is InChI=1S/C16H24N4S2/c1-6-18-16(21-7-2)20(5)12-22-15(19-13(3)4)14-9-8-10-17-11-14/h8-11H,3,6-7,12H2,1-2,4-5H3/b18-16-,19-15-. The van der Waals surface area contributed by atoms with Gasteiger partial charge in [-0.25, -0.2) is 4.99 Å². The topological polar surface area (TPSA) is 40.9 Å². The molecular formula is C16H24N4S2. The van der Waals surface area contributed by atoms with E-state index >= 15 is 0 Å². The highest BCUT2D eigenvalue weighted by Gasteiger charge is 2.10. The number of thioether (sulfide) groups is 2. The maximum Gasteiger partial charge on any atom is 0.159 e. The average Bonchev–Trinajstić information content (AvgIpc) is 2.51. The van der Waals surface area contributed by atoms with E-state index in [4.69, 9.17) is 0 Å². The summed E-state index contributed by atoms with van der Waals surface area (Å²) in [5, 5.41) is 2.00. The fourth-order valence-electron chi connectivity index (χ4n) is 1.60. The van der Waals surface area contributed by atoms with Gasteiger partial charge in [0.2, 0.25) is 0 Å². The van der Waals surface area contributed by atoms with Gasteiger partial charge in [-0.3, -0.25) is 9.98 Å². The maximum absolute atomic E-state index is 4.55. The Kier molecular flexibility index (Phi) is 8.92. The predicted octanol–water partition coefficient (Wildman–Crippen LogP) is 4.11. The Balaban J connectivity index is 2.80. The third kappa shape index (κ3) is 6.66. The summed E-state index contributed by atoms with van der Waals surface area (Å²) in [5.74, 6) is 1.80. The molecule has 0 atom stereocenters. The summed E-state index contributed by atoms with van der Waals surface area (Å²) in [4.78, 5) is 15.4. The van der Waals surface area contributed by atoms with Crippen molar-refractivity contribution in [1.82, 2.24) is 9.88 Å². The molecule has 6 heteroatoms. The van der Waals surface area contributed by atoms with E-state index < -0.39 is 0 Å². The number of aromatic nitrogens is 1. The molecule has 0 spiro atoms. The molecule has 1 rings (SSSR count). The quantitative estimate of drug-likeness (QED) is 0.445. The zero-order valence-electron chi connectivity index (χ0n) is 13.7. The van der Waals surface area contributed by atoms with E-state index in [9.17, 15) is 0 Å². The van der Waals surface area contributed by atoms with Crippen molar-refractivity contribution in [3.05, 3.63) is 42.4 Å². The molecule has 0 aromatic carbocycles. The third-order valence-corrected chi connectivity index (χ3v) is 4.59. The van der Waals surface area contributed by atoms with Gasteiger partial charge in [0.1, 0.15) is 5.04 Å². The lowest BCUT2D eigenvalue weighted by Gasteiger charge is -2.20. The van der Waals surface area contributed by atoms with Crippen LogP contribution in [-0.2, 0) is 0 Å². The van der Waals surface area contributed by atoms with Crippen molar-refractivity contribution in [2.45, 2.75) is 20.8 Å². The molecule has 0 aliphatic heterocycles. The van der Waals surface area contributed by atoms with E-state index in [0.717, 1.165) is 39.6 Å². The van der Waals surface area contributed by atoms with Crippen LogP contribution in [0.3, 0.4) is 0 Å². The molecule has 0 saturated heterocycles. The van der Waals surface area contributed by atoms with Gasteiger partial charge in [-0.2, -0.15) is 0 Å². The summed E-state index contributed by atoms with van der Waals surface area (Å²) in [6.45, 7) is 10.8. The molecule has 22 heavy (non-hydrogen) atoms. The lowest BCUT2D eigenvalue weighted by molar-refractivity contribution is 0.610. The first-order valence-corrected chi connectivity index (χ1v) is 9.21. The van der Waals surface area contributed by atoms with Crippen LogP contribution < -0.4 is 0 Å². The maximum atomic E-state index is 4.55. The number of hydrogen-bond acceptors (Lipinski definition) is 5. The van der Waals surface area contributed by atoms with Gasteiger partial charge in [0.15, 0.2) is 5.17 Å². The molecule has 0 saturated carbocycles. The number of hydrogen-bond donors (Lipinski definition) is 0. The van der Waals surface area contributed by atoms with E-state index in [1.807, 2.05) is 25.3 Å². The molecule has 120 valence electrons. The van der Waals surface area contributed by atoms with Crippen LogP contribution in [0.4, 0.5) is 0 Å². The molecule has 0 aliphatic carbocycles. The molecule has 0 unspecified atom stereocenters. The Morgan fingerprint density at radius 1 is 1.36 bits per heavy atom. The van der Waals surface area contributed by atoms with Crippen molar-refractivity contribution >= 4 is 33.7 Å². The van der Waals surface area contributed by atoms with Gasteiger partial charge < -0.3 is 4.90 Å². The SMILES string of the molecule is C=C(C)/N=C(\SCN(C)/C(=N/CC)SCC)c1cccnc1. The Bertz CT molecular complexity index is 526. The second-order valence-corrected chi connectivity index (χ2v) is 6.72. The van der Waals surface area contributed by atoms with Gasteiger partial charge in [0.25, 0.3) is 0 Å². The Hall–Kier alpha value is -1.27. The van der Waals surface area contributed by atoms with Crippen molar-refractivity contribution in [3.63, 3.8) is 0 Å². The van der Waals surface area contributed by atoms with Crippen LogP contribution in [-0.4, -0.2) is 45.3 Å². The highest BCUT2D eigenvalue weighted by molar-refractivity contribution is 8.15. The molecule has 0 amide bonds. The number of allylic oxidation sites excluding steroid dienone is 1. The number of pyridine rings is 1. The minimum atomic E-state index is 0.785. The van der Waals surface area contributed by atoms with Crippen LogP contribution in [0.5, 0.6) is 0 Å². The first-order valence-electron chi connectivity index (χ1n) is 7.24. The Morgan fingerprint density at radius 3 is 2.68 bits per heavy atom. The molecule has 1 aromatic heterocycles. The highest BCUT2D eigenvalue weighted by Crippen LogP contribution is 2.18. The molecular weight excluding hydrogens is 312 g/mol. The molecule has 0 radical (unpaired) electrons. The van der Waals surface area contributed by atoms with Gasteiger partial charge in [0, 0.05) is 37.2 Å². The number of rotatable bonds is 6. The summed E-state index contributed by atoms with van der Waals surface area (Å²) in [6, 6.07) is 3.94. The minimum absolute atomic E-state index is 0.785. The van der Waals surface area contributed by atoms with E-state index in [1.165, 1.54) is 0 Å². The molecule has 1 heterocycles. The summed E-state index contributed by atoms with van der Waals surface area (Å²) in [5.41, 5.74) is 1.81. The van der Waals surface area contributed by atoms with Crippen LogP contribution in [0.15, 0.2) is 46.8 Å². The van der Waals surface area contributed by atoms with Gasteiger partial charge in [-0.1, -0.05) is 37.0 Å². The average molecular weight is 337 g/mol. The Labute approximate surface area is 142 Å². The van der Waals surface area contributed by atoms with E-state index in [2.05, 4.69) is 47.3 Å². The summed E-state index contributed by atoms with van der Waals surface area (Å²) in [6.07, 6.45) is 3.60. The monoisotopic (exact) mass is 336 g/mol. The highest BCUT2D eigenvalue weighted by atomic mass is 32.2. The van der Waals surface area contributed by atoms with Crippen LogP contribution in [0.2, 0.25) is 0 Å². The lowest BCUT2D eigenvalue weighted by atomic mass is 10.3. The van der Waals surface area contributed by atoms with Crippen molar-refractivity contribution in [1.29, 1.82) is 0 Å². The van der Waals surface area contributed by atoms with Crippen molar-refractivity contribution in [2.24, 2.45) is 9.98 Å². The van der Waals surface area contributed by atoms with Gasteiger partial charge in [-0.05, 0) is 31.7 Å². The van der Waals surface area contributed by atoms with E-state index in [0.29, 0.717) is 0 Å². The van der Waals surface area contributed by atoms with Crippen LogP contribution in [0, 0.1) is 0 Å². The molecule has 0 bridgehead atoms. The van der Waals surface area contributed by atoms with Crippen molar-refractivity contribution in [2.75, 3.05) is 25.2 Å². The van der Waals surface area contributed by atoms with E-state index in [1.54, 1.807) is 29.7 Å². The van der Waals surface area contributed by atoms with Crippen LogP contribution in [0.25, 0.3) is 0 Å². The van der Waals surface area contributed by atoms with Crippen LogP contribution in [0.1, 0.15) is 26.3 Å². The number of nitrogens with zero attached hydrogens (tertiary/aromatic N) is 4.